The molecule has 1 amide bonds. The second kappa shape index (κ2) is 7.78. The number of benzene rings is 2. The molecule has 1 saturated heterocycles. The summed E-state index contributed by atoms with van der Waals surface area (Å²) in [7, 11) is 1.62. The van der Waals surface area contributed by atoms with Crippen molar-refractivity contribution in [1.82, 2.24) is 19.2 Å². The fourth-order valence-corrected chi connectivity index (χ4v) is 4.60. The van der Waals surface area contributed by atoms with Crippen molar-refractivity contribution >= 4 is 33.4 Å². The van der Waals surface area contributed by atoms with E-state index >= 15 is 0 Å². The van der Waals surface area contributed by atoms with Crippen LogP contribution in [-0.4, -0.2) is 51.3 Å². The van der Waals surface area contributed by atoms with Gasteiger partial charge in [0.2, 0.25) is 5.91 Å². The van der Waals surface area contributed by atoms with Gasteiger partial charge in [0, 0.05) is 49.7 Å². The molecule has 1 aliphatic rings. The molecule has 0 N–H and O–H groups in total. The second-order valence-corrected chi connectivity index (χ2v) is 8.19. The van der Waals surface area contributed by atoms with Crippen molar-refractivity contribution in [2.45, 2.75) is 13.0 Å². The molecule has 0 spiro atoms. The van der Waals surface area contributed by atoms with Crippen LogP contribution in [0.15, 0.2) is 59.5 Å². The lowest BCUT2D eigenvalue weighted by molar-refractivity contribution is -0.134. The van der Waals surface area contributed by atoms with Crippen LogP contribution in [0.2, 0.25) is 0 Å². The van der Waals surface area contributed by atoms with Gasteiger partial charge in [-0.05, 0) is 37.3 Å². The van der Waals surface area contributed by atoms with Gasteiger partial charge in [-0.1, -0.05) is 18.2 Å². The summed E-state index contributed by atoms with van der Waals surface area (Å²) in [6, 6.07) is 13.6. The highest BCUT2D eigenvalue weighted by atomic mass is 19.1. The Morgan fingerprint density at radius 2 is 1.69 bits per heavy atom. The molecule has 2 aromatic carbocycles. The van der Waals surface area contributed by atoms with Crippen LogP contribution in [0.1, 0.15) is 13.0 Å². The monoisotopic (exact) mass is 433 g/mol. The molecule has 1 aliphatic heterocycles. The fourth-order valence-electron chi connectivity index (χ4n) is 4.60. The summed E-state index contributed by atoms with van der Waals surface area (Å²) in [6.07, 6.45) is 1.69. The molecular formula is C24H24FN5O2. The largest absolute Gasteiger partial charge is 0.368 e. The first-order valence-corrected chi connectivity index (χ1v) is 10.7. The highest BCUT2D eigenvalue weighted by molar-refractivity contribution is 6.08. The SMILES string of the molecule is C[C@@H](C(=O)N1CCN(c2ccc(F)cc2)CC1)n1c2ccccc2c2cnn(C)c(=O)c21. The maximum Gasteiger partial charge on any atom is 0.291 e. The lowest BCUT2D eigenvalue weighted by Gasteiger charge is -2.37. The minimum Gasteiger partial charge on any atom is -0.368 e. The first-order valence-electron chi connectivity index (χ1n) is 10.7. The number of hydrogen-bond acceptors (Lipinski definition) is 4. The molecule has 164 valence electrons. The number of piperazine rings is 1. The summed E-state index contributed by atoms with van der Waals surface area (Å²) in [6.45, 7) is 4.32. The molecule has 0 radical (unpaired) electrons. The van der Waals surface area contributed by atoms with Crippen molar-refractivity contribution in [3.8, 4) is 0 Å². The number of amides is 1. The third-order valence-corrected chi connectivity index (χ3v) is 6.33. The Bertz CT molecular complexity index is 1370. The predicted octanol–water partition coefficient (Wildman–Crippen LogP) is 2.94. The number of aryl methyl sites for hydroxylation is 1. The number of carbonyl (C=O) groups excluding carboxylic acids is 1. The van der Waals surface area contributed by atoms with E-state index in [4.69, 9.17) is 0 Å². The van der Waals surface area contributed by atoms with Gasteiger partial charge in [-0.2, -0.15) is 5.10 Å². The van der Waals surface area contributed by atoms with E-state index in [1.807, 2.05) is 40.7 Å². The number of fused-ring (bicyclic) bond motifs is 3. The zero-order valence-corrected chi connectivity index (χ0v) is 18.0. The molecule has 1 atom stereocenters. The van der Waals surface area contributed by atoms with Crippen LogP contribution in [0.3, 0.4) is 0 Å². The summed E-state index contributed by atoms with van der Waals surface area (Å²) >= 11 is 0. The second-order valence-electron chi connectivity index (χ2n) is 8.19. The Morgan fingerprint density at radius 1 is 1.00 bits per heavy atom. The van der Waals surface area contributed by atoms with Gasteiger partial charge in [-0.3, -0.25) is 9.59 Å². The summed E-state index contributed by atoms with van der Waals surface area (Å²) in [4.78, 5) is 30.4. The molecule has 3 heterocycles. The van der Waals surface area contributed by atoms with Gasteiger partial charge in [-0.25, -0.2) is 9.07 Å². The van der Waals surface area contributed by atoms with Gasteiger partial charge in [-0.15, -0.1) is 0 Å². The fraction of sp³-hybridized carbons (Fsp3) is 0.292. The molecule has 32 heavy (non-hydrogen) atoms. The highest BCUT2D eigenvalue weighted by Crippen LogP contribution is 2.30. The lowest BCUT2D eigenvalue weighted by Crippen LogP contribution is -2.50. The minimum atomic E-state index is -0.537. The Labute approximate surface area is 184 Å². The molecule has 7 nitrogen and oxygen atoms in total. The minimum absolute atomic E-state index is 0.0229. The number of hydrogen-bond donors (Lipinski definition) is 0. The number of carbonyl (C=O) groups is 1. The summed E-state index contributed by atoms with van der Waals surface area (Å²) in [5.41, 5.74) is 2.07. The third kappa shape index (κ3) is 3.23. The van der Waals surface area contributed by atoms with Gasteiger partial charge < -0.3 is 14.4 Å². The zero-order valence-electron chi connectivity index (χ0n) is 18.0. The number of nitrogens with zero attached hydrogens (tertiary/aromatic N) is 5. The summed E-state index contributed by atoms with van der Waals surface area (Å²) in [5, 5.41) is 5.84. The topological polar surface area (TPSA) is 63.4 Å². The van der Waals surface area contributed by atoms with Crippen molar-refractivity contribution in [2.75, 3.05) is 31.1 Å². The summed E-state index contributed by atoms with van der Waals surface area (Å²) in [5.74, 6) is -0.283. The number of aromatic nitrogens is 3. The average molecular weight is 433 g/mol. The molecule has 0 unspecified atom stereocenters. The Morgan fingerprint density at radius 3 is 2.41 bits per heavy atom. The normalized spacial score (nSPS) is 15.5. The van der Waals surface area contributed by atoms with Gasteiger partial charge in [0.15, 0.2) is 0 Å². The van der Waals surface area contributed by atoms with Crippen LogP contribution < -0.4 is 10.5 Å². The quantitative estimate of drug-likeness (QED) is 0.498. The molecular weight excluding hydrogens is 409 g/mol. The maximum atomic E-state index is 13.5. The van der Waals surface area contributed by atoms with Crippen LogP contribution in [0, 0.1) is 5.82 Å². The standard InChI is InChI=1S/C24H24FN5O2/c1-16(23(31)29-13-11-28(12-14-29)18-9-7-17(25)8-10-18)30-21-6-4-3-5-19(21)20-15-26-27(2)24(32)22(20)30/h3-10,15-16H,11-14H2,1-2H3/t16-/m0/s1. The number of para-hydroxylation sites is 1. The number of halogens is 1. The maximum absolute atomic E-state index is 13.5. The zero-order chi connectivity index (χ0) is 22.4. The molecule has 2 aromatic heterocycles. The third-order valence-electron chi connectivity index (χ3n) is 6.33. The first kappa shape index (κ1) is 20.2. The Kier molecular flexibility index (Phi) is 4.92. The van der Waals surface area contributed by atoms with Crippen molar-refractivity contribution in [1.29, 1.82) is 0 Å². The van der Waals surface area contributed by atoms with Crippen LogP contribution in [0.4, 0.5) is 10.1 Å². The van der Waals surface area contributed by atoms with E-state index < -0.39 is 6.04 Å². The van der Waals surface area contributed by atoms with Crippen LogP contribution in [0.25, 0.3) is 21.8 Å². The molecule has 1 fully saturated rings. The van der Waals surface area contributed by atoms with Crippen molar-refractivity contribution in [2.24, 2.45) is 7.05 Å². The smallest absolute Gasteiger partial charge is 0.291 e. The molecule has 8 heteroatoms. The van der Waals surface area contributed by atoms with Crippen molar-refractivity contribution in [3.63, 3.8) is 0 Å². The number of anilines is 1. The van der Waals surface area contributed by atoms with Crippen LogP contribution in [0.5, 0.6) is 0 Å². The summed E-state index contributed by atoms with van der Waals surface area (Å²) < 4.78 is 16.4. The van der Waals surface area contributed by atoms with Crippen molar-refractivity contribution in [3.05, 3.63) is 70.9 Å². The van der Waals surface area contributed by atoms with Crippen LogP contribution >= 0.6 is 0 Å². The predicted molar refractivity (Wildman–Crippen MR) is 122 cm³/mol. The number of rotatable bonds is 3. The van der Waals surface area contributed by atoms with Gasteiger partial charge in [0.1, 0.15) is 17.4 Å². The molecule has 0 aliphatic carbocycles. The Hall–Kier alpha value is -3.68. The van der Waals surface area contributed by atoms with E-state index in [2.05, 4.69) is 10.00 Å². The lowest BCUT2D eigenvalue weighted by atomic mass is 10.2. The van der Waals surface area contributed by atoms with E-state index in [1.54, 1.807) is 25.4 Å². The highest BCUT2D eigenvalue weighted by Gasteiger charge is 2.29. The van der Waals surface area contributed by atoms with E-state index in [0.717, 1.165) is 22.0 Å². The van der Waals surface area contributed by atoms with E-state index in [1.165, 1.54) is 16.8 Å². The molecule has 0 saturated carbocycles. The van der Waals surface area contributed by atoms with E-state index in [0.29, 0.717) is 31.7 Å². The van der Waals surface area contributed by atoms with Crippen LogP contribution in [-0.2, 0) is 11.8 Å². The van der Waals surface area contributed by atoms with Gasteiger partial charge in [0.05, 0.1) is 11.7 Å². The van der Waals surface area contributed by atoms with Crippen molar-refractivity contribution < 1.29 is 9.18 Å². The first-order chi connectivity index (χ1) is 15.5. The molecule has 4 aromatic rings. The van der Waals surface area contributed by atoms with E-state index in [9.17, 15) is 14.0 Å². The Balaban J connectivity index is 1.45. The van der Waals surface area contributed by atoms with E-state index in [-0.39, 0.29) is 17.3 Å². The molecule has 0 bridgehead atoms. The average Bonchev–Trinajstić information content (AvgIpc) is 3.16. The molecule has 5 rings (SSSR count). The van der Waals surface area contributed by atoms with Gasteiger partial charge in [0.25, 0.3) is 5.56 Å². The van der Waals surface area contributed by atoms with Gasteiger partial charge >= 0.3 is 0 Å².